The van der Waals surface area contributed by atoms with E-state index in [2.05, 4.69) is 5.32 Å². The van der Waals surface area contributed by atoms with Gasteiger partial charge in [0, 0.05) is 24.8 Å². The Hall–Kier alpha value is -2.11. The summed E-state index contributed by atoms with van der Waals surface area (Å²) in [4.78, 5) is 12.0. The predicted octanol–water partition coefficient (Wildman–Crippen LogP) is 1.68. The molecule has 0 radical (unpaired) electrons. The maximum atomic E-state index is 12.0. The molecule has 20 heavy (non-hydrogen) atoms. The van der Waals surface area contributed by atoms with Crippen LogP contribution in [0.5, 0.6) is 0 Å². The first-order chi connectivity index (χ1) is 9.70. The molecule has 0 aliphatic carbocycles. The molecule has 2 N–H and O–H groups in total. The zero-order chi connectivity index (χ0) is 14.4. The Balaban J connectivity index is 2.02. The lowest BCUT2D eigenvalue weighted by Crippen LogP contribution is -2.34. The van der Waals surface area contributed by atoms with E-state index in [9.17, 15) is 9.90 Å². The number of amides is 1. The van der Waals surface area contributed by atoms with E-state index in [0.29, 0.717) is 5.56 Å². The summed E-state index contributed by atoms with van der Waals surface area (Å²) in [5, 5.41) is 12.2. The van der Waals surface area contributed by atoms with E-state index in [1.165, 1.54) is 7.11 Å². The van der Waals surface area contributed by atoms with E-state index >= 15 is 0 Å². The molecule has 0 fully saturated rings. The Morgan fingerprint density at radius 1 is 1.40 bits per heavy atom. The van der Waals surface area contributed by atoms with Crippen molar-refractivity contribution in [3.8, 4) is 11.1 Å². The largest absolute Gasteiger partial charge is 0.472 e. The molecule has 0 aliphatic heterocycles. The fraction of sp³-hybridized carbons (Fsp3) is 0.267. The van der Waals surface area contributed by atoms with Crippen molar-refractivity contribution in [3.63, 3.8) is 0 Å². The van der Waals surface area contributed by atoms with Gasteiger partial charge in [-0.25, -0.2) is 0 Å². The van der Waals surface area contributed by atoms with E-state index in [4.69, 9.17) is 9.15 Å². The maximum Gasteiger partial charge on any atom is 0.251 e. The average Bonchev–Trinajstić information content (AvgIpc) is 2.99. The van der Waals surface area contributed by atoms with Gasteiger partial charge in [-0.3, -0.25) is 4.79 Å². The third-order valence-electron chi connectivity index (χ3n) is 2.84. The van der Waals surface area contributed by atoms with Gasteiger partial charge in [0.1, 0.15) is 0 Å². The Morgan fingerprint density at radius 2 is 2.25 bits per heavy atom. The van der Waals surface area contributed by atoms with Crippen LogP contribution in [0.1, 0.15) is 10.4 Å². The summed E-state index contributed by atoms with van der Waals surface area (Å²) in [6.07, 6.45) is 2.50. The number of carbonyl (C=O) groups is 1. The van der Waals surface area contributed by atoms with E-state index in [-0.39, 0.29) is 19.1 Å². The molecule has 0 aliphatic rings. The van der Waals surface area contributed by atoms with E-state index < -0.39 is 6.10 Å². The van der Waals surface area contributed by atoms with Crippen LogP contribution in [0.25, 0.3) is 11.1 Å². The molecule has 5 heteroatoms. The van der Waals surface area contributed by atoms with Crippen molar-refractivity contribution in [1.29, 1.82) is 0 Å². The molecule has 1 aromatic heterocycles. The number of furan rings is 1. The van der Waals surface area contributed by atoms with Gasteiger partial charge < -0.3 is 19.6 Å². The van der Waals surface area contributed by atoms with Crippen LogP contribution in [0, 0.1) is 0 Å². The zero-order valence-electron chi connectivity index (χ0n) is 11.2. The van der Waals surface area contributed by atoms with Crippen molar-refractivity contribution in [2.45, 2.75) is 6.10 Å². The van der Waals surface area contributed by atoms with Gasteiger partial charge in [-0.1, -0.05) is 12.1 Å². The Labute approximate surface area is 117 Å². The molecule has 2 aromatic rings. The third kappa shape index (κ3) is 3.69. The lowest BCUT2D eigenvalue weighted by atomic mass is 10.1. The molecule has 0 saturated heterocycles. The lowest BCUT2D eigenvalue weighted by Gasteiger charge is -2.11. The second-order valence-corrected chi connectivity index (χ2v) is 4.41. The van der Waals surface area contributed by atoms with E-state index in [1.807, 2.05) is 18.2 Å². The van der Waals surface area contributed by atoms with Crippen LogP contribution in [-0.4, -0.2) is 37.4 Å². The molecule has 1 aromatic carbocycles. The second kappa shape index (κ2) is 6.88. The highest BCUT2D eigenvalue weighted by Gasteiger charge is 2.10. The normalized spacial score (nSPS) is 12.1. The quantitative estimate of drug-likeness (QED) is 0.841. The fourth-order valence-electron chi connectivity index (χ4n) is 1.83. The van der Waals surface area contributed by atoms with Crippen LogP contribution >= 0.6 is 0 Å². The summed E-state index contributed by atoms with van der Waals surface area (Å²) >= 11 is 0. The molecule has 0 spiro atoms. The smallest absolute Gasteiger partial charge is 0.251 e. The van der Waals surface area contributed by atoms with Gasteiger partial charge >= 0.3 is 0 Å². The number of rotatable bonds is 6. The molecule has 1 atom stereocenters. The molecule has 2 rings (SSSR count). The molecule has 0 bridgehead atoms. The topological polar surface area (TPSA) is 71.7 Å². The maximum absolute atomic E-state index is 12.0. The summed E-state index contributed by atoms with van der Waals surface area (Å²) in [5.41, 5.74) is 2.36. The van der Waals surface area contributed by atoms with Gasteiger partial charge in [-0.05, 0) is 23.8 Å². The highest BCUT2D eigenvalue weighted by Crippen LogP contribution is 2.20. The summed E-state index contributed by atoms with van der Waals surface area (Å²) in [7, 11) is 1.50. The number of nitrogens with one attached hydrogen (secondary N) is 1. The van der Waals surface area contributed by atoms with Crippen LogP contribution in [0.4, 0.5) is 0 Å². The number of methoxy groups -OCH3 is 1. The second-order valence-electron chi connectivity index (χ2n) is 4.41. The van der Waals surface area contributed by atoms with Crippen LogP contribution in [0.3, 0.4) is 0 Å². The standard InChI is InChI=1S/C15H17NO4/c1-19-10-14(17)8-16-15(18)12-4-2-3-11(7-12)13-5-6-20-9-13/h2-7,9,14,17H,8,10H2,1H3,(H,16,18). The monoisotopic (exact) mass is 275 g/mol. The first-order valence-corrected chi connectivity index (χ1v) is 6.28. The highest BCUT2D eigenvalue weighted by molar-refractivity contribution is 5.95. The van der Waals surface area contributed by atoms with Gasteiger partial charge in [-0.15, -0.1) is 0 Å². The Bertz CT molecular complexity index is 551. The number of carbonyl (C=O) groups excluding carboxylic acids is 1. The summed E-state index contributed by atoms with van der Waals surface area (Å²) < 4.78 is 9.83. The van der Waals surface area contributed by atoms with E-state index in [1.54, 1.807) is 24.7 Å². The zero-order valence-corrected chi connectivity index (χ0v) is 11.2. The molecule has 106 valence electrons. The highest BCUT2D eigenvalue weighted by atomic mass is 16.5. The minimum Gasteiger partial charge on any atom is -0.472 e. The van der Waals surface area contributed by atoms with Gasteiger partial charge in [0.05, 0.1) is 25.2 Å². The summed E-state index contributed by atoms with van der Waals surface area (Å²) in [6.45, 7) is 0.345. The first-order valence-electron chi connectivity index (χ1n) is 6.28. The lowest BCUT2D eigenvalue weighted by molar-refractivity contribution is 0.0610. The van der Waals surface area contributed by atoms with Crippen molar-refractivity contribution < 1.29 is 19.1 Å². The number of aliphatic hydroxyl groups excluding tert-OH is 1. The molecule has 0 saturated carbocycles. The van der Waals surface area contributed by atoms with Crippen LogP contribution in [-0.2, 0) is 4.74 Å². The third-order valence-corrected chi connectivity index (χ3v) is 2.84. The number of hydrogen-bond acceptors (Lipinski definition) is 4. The minimum atomic E-state index is -0.707. The number of ether oxygens (including phenoxy) is 1. The molecule has 1 heterocycles. The molecular formula is C15H17NO4. The number of hydrogen-bond donors (Lipinski definition) is 2. The number of aliphatic hydroxyl groups is 1. The van der Waals surface area contributed by atoms with Gasteiger partial charge in [0.15, 0.2) is 0 Å². The number of benzene rings is 1. The Morgan fingerprint density at radius 3 is 2.95 bits per heavy atom. The first kappa shape index (κ1) is 14.3. The van der Waals surface area contributed by atoms with Crippen LogP contribution < -0.4 is 5.32 Å². The van der Waals surface area contributed by atoms with Crippen molar-refractivity contribution in [2.24, 2.45) is 0 Å². The fourth-order valence-corrected chi connectivity index (χ4v) is 1.83. The van der Waals surface area contributed by atoms with Gasteiger partial charge in [0.25, 0.3) is 5.91 Å². The SMILES string of the molecule is COCC(O)CNC(=O)c1cccc(-c2ccoc2)c1. The van der Waals surface area contributed by atoms with Gasteiger partial charge in [-0.2, -0.15) is 0 Å². The summed E-state index contributed by atoms with van der Waals surface area (Å²) in [6, 6.07) is 9.05. The average molecular weight is 275 g/mol. The molecule has 1 amide bonds. The predicted molar refractivity (Wildman–Crippen MR) is 74.4 cm³/mol. The van der Waals surface area contributed by atoms with Crippen molar-refractivity contribution >= 4 is 5.91 Å². The molecular weight excluding hydrogens is 258 g/mol. The van der Waals surface area contributed by atoms with Crippen molar-refractivity contribution in [2.75, 3.05) is 20.3 Å². The van der Waals surface area contributed by atoms with E-state index in [0.717, 1.165) is 11.1 Å². The summed E-state index contributed by atoms with van der Waals surface area (Å²) in [5.74, 6) is -0.231. The Kier molecular flexibility index (Phi) is 4.92. The van der Waals surface area contributed by atoms with Crippen LogP contribution in [0.15, 0.2) is 47.3 Å². The van der Waals surface area contributed by atoms with Gasteiger partial charge in [0.2, 0.25) is 0 Å². The molecule has 1 unspecified atom stereocenters. The van der Waals surface area contributed by atoms with Crippen molar-refractivity contribution in [1.82, 2.24) is 5.32 Å². The minimum absolute atomic E-state index is 0.155. The molecule has 5 nitrogen and oxygen atoms in total. The van der Waals surface area contributed by atoms with Crippen LogP contribution in [0.2, 0.25) is 0 Å². The van der Waals surface area contributed by atoms with Crippen molar-refractivity contribution in [3.05, 3.63) is 48.4 Å².